The van der Waals surface area contributed by atoms with Crippen LogP contribution in [0.4, 0.5) is 0 Å². The molecule has 0 spiro atoms. The summed E-state index contributed by atoms with van der Waals surface area (Å²) in [6.07, 6.45) is 5.56. The van der Waals surface area contributed by atoms with Crippen molar-refractivity contribution in [3.05, 3.63) is 0 Å². The van der Waals surface area contributed by atoms with Gasteiger partial charge in [0.1, 0.15) is 0 Å². The average molecular weight is 263 g/mol. The summed E-state index contributed by atoms with van der Waals surface area (Å²) in [5, 5.41) is 12.4. The van der Waals surface area contributed by atoms with Crippen LogP contribution in [0.1, 0.15) is 32.1 Å². The van der Waals surface area contributed by atoms with Crippen LogP contribution in [-0.4, -0.2) is 48.7 Å². The van der Waals surface area contributed by atoms with Crippen LogP contribution >= 0.6 is 0 Å². The number of nitriles is 1. The van der Waals surface area contributed by atoms with Gasteiger partial charge in [-0.25, -0.2) is 0 Å². The summed E-state index contributed by atoms with van der Waals surface area (Å²) in [7, 11) is 0. The highest BCUT2D eigenvalue weighted by atomic mass is 16.5. The Morgan fingerprint density at radius 3 is 3.00 bits per heavy atom. The molecule has 1 amide bonds. The van der Waals surface area contributed by atoms with E-state index >= 15 is 0 Å². The Bertz CT molecular complexity index is 379. The summed E-state index contributed by atoms with van der Waals surface area (Å²) in [6.45, 7) is 1.51. The van der Waals surface area contributed by atoms with E-state index in [0.717, 1.165) is 6.42 Å². The molecule has 0 radical (unpaired) electrons. The number of hydrogen-bond acceptors (Lipinski definition) is 4. The lowest BCUT2D eigenvalue weighted by atomic mass is 9.85. The zero-order valence-electron chi connectivity index (χ0n) is 11.2. The quantitative estimate of drug-likeness (QED) is 0.754. The van der Waals surface area contributed by atoms with Gasteiger partial charge in [0.25, 0.3) is 0 Å². The van der Waals surface area contributed by atoms with Crippen molar-refractivity contribution in [1.29, 1.82) is 5.26 Å². The van der Waals surface area contributed by atoms with E-state index in [9.17, 15) is 4.79 Å². The van der Waals surface area contributed by atoms with E-state index in [0.29, 0.717) is 31.7 Å². The van der Waals surface area contributed by atoms with E-state index in [1.165, 1.54) is 25.7 Å². The molecule has 1 saturated carbocycles. The topological polar surface area (TPSA) is 65.4 Å². The molecule has 5 heteroatoms. The maximum absolute atomic E-state index is 12.5. The maximum atomic E-state index is 12.5. The van der Waals surface area contributed by atoms with Crippen LogP contribution in [0.5, 0.6) is 0 Å². The Morgan fingerprint density at radius 2 is 2.21 bits per heavy atom. The highest BCUT2D eigenvalue weighted by Gasteiger charge is 2.40. The van der Waals surface area contributed by atoms with Gasteiger partial charge in [-0.15, -0.1) is 0 Å². The Kier molecular flexibility index (Phi) is 3.72. The van der Waals surface area contributed by atoms with Crippen LogP contribution in [0.2, 0.25) is 0 Å². The van der Waals surface area contributed by atoms with E-state index in [4.69, 9.17) is 10.00 Å². The first-order valence-electron chi connectivity index (χ1n) is 7.34. The molecule has 2 heterocycles. The zero-order chi connectivity index (χ0) is 13.2. The van der Waals surface area contributed by atoms with E-state index in [1.54, 1.807) is 4.90 Å². The van der Waals surface area contributed by atoms with Crippen LogP contribution in [0.3, 0.4) is 0 Å². The van der Waals surface area contributed by atoms with Gasteiger partial charge in [-0.3, -0.25) is 4.79 Å². The molecule has 3 fully saturated rings. The number of rotatable bonds is 1. The Hall–Kier alpha value is -1.12. The number of carbonyl (C=O) groups is 1. The van der Waals surface area contributed by atoms with Gasteiger partial charge in [0.05, 0.1) is 25.3 Å². The Morgan fingerprint density at radius 1 is 1.37 bits per heavy atom. The van der Waals surface area contributed by atoms with Gasteiger partial charge in [0.15, 0.2) is 6.10 Å². The lowest BCUT2D eigenvalue weighted by Gasteiger charge is -2.31. The van der Waals surface area contributed by atoms with Gasteiger partial charge in [-0.2, -0.15) is 5.26 Å². The first-order valence-corrected chi connectivity index (χ1v) is 7.34. The lowest BCUT2D eigenvalue weighted by Crippen LogP contribution is -2.51. The van der Waals surface area contributed by atoms with Crippen LogP contribution in [-0.2, 0) is 9.53 Å². The number of hydrogen-bond donors (Lipinski definition) is 1. The molecule has 104 valence electrons. The first kappa shape index (κ1) is 12.9. The standard InChI is InChI=1S/C14H21N3O2/c15-8-11-9-17(5-6-19-11)14(18)13-7-10-3-1-2-4-12(10)16-13/h10-13,16H,1-7,9H2. The first-order chi connectivity index (χ1) is 9.28. The average Bonchev–Trinajstić information content (AvgIpc) is 2.90. The molecule has 3 aliphatic rings. The minimum absolute atomic E-state index is 0.0365. The van der Waals surface area contributed by atoms with Crippen molar-refractivity contribution in [3.8, 4) is 6.07 Å². The molecule has 5 nitrogen and oxygen atoms in total. The van der Waals surface area contributed by atoms with Crippen molar-refractivity contribution >= 4 is 5.91 Å². The summed E-state index contributed by atoms with van der Waals surface area (Å²) in [4.78, 5) is 14.3. The molecular formula is C14H21N3O2. The molecule has 0 bridgehead atoms. The lowest BCUT2D eigenvalue weighted by molar-refractivity contribution is -0.139. The van der Waals surface area contributed by atoms with Crippen molar-refractivity contribution in [3.63, 3.8) is 0 Å². The third kappa shape index (κ3) is 2.60. The molecule has 2 aliphatic heterocycles. The molecule has 0 aromatic rings. The minimum Gasteiger partial charge on any atom is -0.360 e. The number of morpholine rings is 1. The fourth-order valence-electron chi connectivity index (χ4n) is 3.66. The highest BCUT2D eigenvalue weighted by molar-refractivity contribution is 5.82. The normalized spacial score (nSPS) is 38.6. The van der Waals surface area contributed by atoms with E-state index in [1.807, 2.05) is 0 Å². The molecule has 4 unspecified atom stereocenters. The fraction of sp³-hybridized carbons (Fsp3) is 0.857. The van der Waals surface area contributed by atoms with E-state index < -0.39 is 6.10 Å². The smallest absolute Gasteiger partial charge is 0.239 e. The number of ether oxygens (including phenoxy) is 1. The SMILES string of the molecule is N#CC1CN(C(=O)C2CC3CCCCC3N2)CCO1. The Labute approximate surface area is 113 Å². The van der Waals surface area contributed by atoms with Crippen LogP contribution in [0.15, 0.2) is 0 Å². The zero-order valence-corrected chi connectivity index (χ0v) is 11.2. The molecular weight excluding hydrogens is 242 g/mol. The summed E-state index contributed by atoms with van der Waals surface area (Å²) in [5.74, 6) is 0.841. The van der Waals surface area contributed by atoms with Crippen molar-refractivity contribution in [2.75, 3.05) is 19.7 Å². The Balaban J connectivity index is 1.60. The van der Waals surface area contributed by atoms with Crippen molar-refractivity contribution in [2.24, 2.45) is 5.92 Å². The van der Waals surface area contributed by atoms with Crippen LogP contribution in [0.25, 0.3) is 0 Å². The van der Waals surface area contributed by atoms with Crippen LogP contribution < -0.4 is 5.32 Å². The van der Waals surface area contributed by atoms with Crippen molar-refractivity contribution < 1.29 is 9.53 Å². The van der Waals surface area contributed by atoms with Gasteiger partial charge in [-0.1, -0.05) is 12.8 Å². The second-order valence-electron chi connectivity index (χ2n) is 5.88. The number of nitrogens with zero attached hydrogens (tertiary/aromatic N) is 2. The van der Waals surface area contributed by atoms with Gasteiger partial charge < -0.3 is 15.0 Å². The highest BCUT2D eigenvalue weighted by Crippen LogP contribution is 2.33. The number of nitrogens with one attached hydrogen (secondary N) is 1. The summed E-state index contributed by atoms with van der Waals surface area (Å²) in [6, 6.07) is 2.59. The molecule has 1 N–H and O–H groups in total. The molecule has 0 aromatic heterocycles. The maximum Gasteiger partial charge on any atom is 0.239 e. The second kappa shape index (κ2) is 5.48. The third-order valence-corrected chi connectivity index (χ3v) is 4.68. The second-order valence-corrected chi connectivity index (χ2v) is 5.88. The van der Waals surface area contributed by atoms with Gasteiger partial charge in [-0.05, 0) is 25.2 Å². The van der Waals surface area contributed by atoms with Crippen LogP contribution in [0, 0.1) is 17.2 Å². The predicted molar refractivity (Wildman–Crippen MR) is 69.2 cm³/mol. The predicted octanol–water partition coefficient (Wildman–Crippen LogP) is 0.658. The van der Waals surface area contributed by atoms with E-state index in [-0.39, 0.29) is 11.9 Å². The third-order valence-electron chi connectivity index (χ3n) is 4.68. The molecule has 19 heavy (non-hydrogen) atoms. The number of carbonyl (C=O) groups excluding carboxylic acids is 1. The fourth-order valence-corrected chi connectivity index (χ4v) is 3.66. The van der Waals surface area contributed by atoms with E-state index in [2.05, 4.69) is 11.4 Å². The number of fused-ring (bicyclic) bond motifs is 1. The number of amides is 1. The summed E-state index contributed by atoms with van der Waals surface area (Å²) >= 11 is 0. The summed E-state index contributed by atoms with van der Waals surface area (Å²) < 4.78 is 5.29. The molecule has 4 atom stereocenters. The monoisotopic (exact) mass is 263 g/mol. The molecule has 2 saturated heterocycles. The largest absolute Gasteiger partial charge is 0.360 e. The molecule has 1 aliphatic carbocycles. The van der Waals surface area contributed by atoms with Crippen molar-refractivity contribution in [1.82, 2.24) is 10.2 Å². The molecule has 3 rings (SSSR count). The van der Waals surface area contributed by atoms with Crippen molar-refractivity contribution in [2.45, 2.75) is 50.3 Å². The summed E-state index contributed by atoms with van der Waals surface area (Å²) in [5.41, 5.74) is 0. The minimum atomic E-state index is -0.457. The van der Waals surface area contributed by atoms with Gasteiger partial charge >= 0.3 is 0 Å². The van der Waals surface area contributed by atoms with Gasteiger partial charge in [0, 0.05) is 12.6 Å². The van der Waals surface area contributed by atoms with Gasteiger partial charge in [0.2, 0.25) is 5.91 Å². The molecule has 0 aromatic carbocycles.